The Kier molecular flexibility index (Phi) is 4.33. The molecule has 0 unspecified atom stereocenters. The van der Waals surface area contributed by atoms with Gasteiger partial charge in [0, 0.05) is 11.6 Å². The maximum absolute atomic E-state index is 2.42. The van der Waals surface area contributed by atoms with Gasteiger partial charge >= 0.3 is 0 Å². The first-order valence-corrected chi connectivity index (χ1v) is 9.61. The van der Waals surface area contributed by atoms with E-state index in [1.165, 1.54) is 70.8 Å². The summed E-state index contributed by atoms with van der Waals surface area (Å²) in [5.74, 6) is 0.899. The van der Waals surface area contributed by atoms with Crippen LogP contribution in [0.25, 0.3) is 22.0 Å². The van der Waals surface area contributed by atoms with E-state index in [0.29, 0.717) is 0 Å². The zero-order valence-electron chi connectivity index (χ0n) is 15.7. The second-order valence-corrected chi connectivity index (χ2v) is 7.87. The number of pyridine rings is 1. The summed E-state index contributed by atoms with van der Waals surface area (Å²) in [4.78, 5) is 0. The molecule has 1 heteroatoms. The highest BCUT2D eigenvalue weighted by molar-refractivity contribution is 5.94. The SMILES string of the molecule is Cc1ccc(C)c(-c2c3ccc(CC4CCCC4)cc3cc[n+]2C)c1. The first-order chi connectivity index (χ1) is 12.1. The van der Waals surface area contributed by atoms with Crippen LogP contribution >= 0.6 is 0 Å². The second-order valence-electron chi connectivity index (χ2n) is 7.87. The fourth-order valence-electron chi connectivity index (χ4n) is 4.42. The fraction of sp³-hybridized carbons (Fsp3) is 0.375. The third kappa shape index (κ3) is 3.20. The average Bonchev–Trinajstić information content (AvgIpc) is 3.10. The Morgan fingerprint density at radius 3 is 2.56 bits per heavy atom. The van der Waals surface area contributed by atoms with Crippen molar-refractivity contribution in [2.75, 3.05) is 0 Å². The Hall–Kier alpha value is -2.15. The smallest absolute Gasteiger partial charge is 0.200 e. The number of nitrogens with zero attached hydrogens (tertiary/aromatic N) is 1. The summed E-state index contributed by atoms with van der Waals surface area (Å²) in [6, 6.07) is 16.1. The minimum Gasteiger partial charge on any atom is -0.200 e. The molecule has 0 bridgehead atoms. The van der Waals surface area contributed by atoms with Gasteiger partial charge in [-0.15, -0.1) is 0 Å². The van der Waals surface area contributed by atoms with Crippen molar-refractivity contribution >= 4 is 10.8 Å². The van der Waals surface area contributed by atoms with Gasteiger partial charge in [0.2, 0.25) is 5.69 Å². The van der Waals surface area contributed by atoms with Crippen LogP contribution in [0.15, 0.2) is 48.7 Å². The highest BCUT2D eigenvalue weighted by Gasteiger charge is 2.19. The van der Waals surface area contributed by atoms with Gasteiger partial charge in [0.15, 0.2) is 6.20 Å². The lowest BCUT2D eigenvalue weighted by Crippen LogP contribution is -2.30. The lowest BCUT2D eigenvalue weighted by atomic mass is 9.94. The molecule has 1 fully saturated rings. The van der Waals surface area contributed by atoms with Crippen molar-refractivity contribution in [2.24, 2.45) is 13.0 Å². The minimum absolute atomic E-state index is 0.899. The van der Waals surface area contributed by atoms with Gasteiger partial charge in [0.1, 0.15) is 7.05 Å². The van der Waals surface area contributed by atoms with Crippen molar-refractivity contribution in [1.29, 1.82) is 0 Å². The molecule has 1 aliphatic carbocycles. The maximum atomic E-state index is 2.42. The Morgan fingerprint density at radius 1 is 0.960 bits per heavy atom. The highest BCUT2D eigenvalue weighted by Crippen LogP contribution is 2.32. The summed E-state index contributed by atoms with van der Waals surface area (Å²) in [6.07, 6.45) is 9.12. The largest absolute Gasteiger partial charge is 0.220 e. The Bertz CT molecular complexity index is 917. The Morgan fingerprint density at radius 2 is 1.76 bits per heavy atom. The van der Waals surface area contributed by atoms with E-state index in [0.717, 1.165) is 5.92 Å². The molecule has 2 aromatic carbocycles. The Labute approximate surface area is 151 Å². The van der Waals surface area contributed by atoms with E-state index in [9.17, 15) is 0 Å². The number of hydrogen-bond donors (Lipinski definition) is 0. The van der Waals surface area contributed by atoms with Crippen LogP contribution < -0.4 is 4.57 Å². The van der Waals surface area contributed by atoms with E-state index in [2.05, 4.69) is 74.1 Å². The predicted octanol–water partition coefficient (Wildman–Crippen LogP) is 5.68. The number of aryl methyl sites for hydroxylation is 3. The van der Waals surface area contributed by atoms with E-state index < -0.39 is 0 Å². The Balaban J connectivity index is 1.81. The molecule has 0 atom stereocenters. The van der Waals surface area contributed by atoms with E-state index >= 15 is 0 Å². The van der Waals surface area contributed by atoms with Gasteiger partial charge in [0.05, 0.1) is 5.39 Å². The molecule has 25 heavy (non-hydrogen) atoms. The summed E-state index contributed by atoms with van der Waals surface area (Å²) >= 11 is 0. The standard InChI is InChI=1S/C24H28N/c1-17-8-9-18(2)23(14-17)24-22-11-10-20(15-19-6-4-5-7-19)16-21(22)12-13-25(24)3/h8-14,16,19H,4-7,15H2,1-3H3/q+1. The lowest BCUT2D eigenvalue weighted by Gasteiger charge is -2.12. The van der Waals surface area contributed by atoms with Crippen molar-refractivity contribution in [3.05, 3.63) is 65.4 Å². The van der Waals surface area contributed by atoms with Crippen LogP contribution in [-0.2, 0) is 13.5 Å². The van der Waals surface area contributed by atoms with Crippen molar-refractivity contribution < 1.29 is 4.57 Å². The van der Waals surface area contributed by atoms with E-state index in [-0.39, 0.29) is 0 Å². The number of benzene rings is 2. The average molecular weight is 330 g/mol. The quantitative estimate of drug-likeness (QED) is 0.544. The molecule has 1 aliphatic rings. The van der Waals surface area contributed by atoms with E-state index in [1.807, 2.05) is 0 Å². The van der Waals surface area contributed by atoms with Gasteiger partial charge in [-0.1, -0.05) is 55.5 Å². The van der Waals surface area contributed by atoms with Crippen LogP contribution in [0.5, 0.6) is 0 Å². The first kappa shape index (κ1) is 16.3. The van der Waals surface area contributed by atoms with Crippen LogP contribution in [0.1, 0.15) is 42.4 Å². The molecule has 0 amide bonds. The number of aromatic nitrogens is 1. The predicted molar refractivity (Wildman–Crippen MR) is 106 cm³/mol. The third-order valence-corrected chi connectivity index (χ3v) is 5.85. The molecular weight excluding hydrogens is 302 g/mol. The fourth-order valence-corrected chi connectivity index (χ4v) is 4.42. The molecule has 0 spiro atoms. The summed E-state index contributed by atoms with van der Waals surface area (Å²) < 4.78 is 2.26. The number of hydrogen-bond acceptors (Lipinski definition) is 0. The summed E-state index contributed by atoms with van der Waals surface area (Å²) in [5.41, 5.74) is 6.82. The molecule has 1 nitrogen and oxygen atoms in total. The van der Waals surface area contributed by atoms with E-state index in [4.69, 9.17) is 0 Å². The van der Waals surface area contributed by atoms with Crippen LogP contribution in [0.2, 0.25) is 0 Å². The molecule has 0 radical (unpaired) electrons. The van der Waals surface area contributed by atoms with Crippen molar-refractivity contribution in [3.8, 4) is 11.3 Å². The third-order valence-electron chi connectivity index (χ3n) is 5.85. The van der Waals surface area contributed by atoms with Crippen molar-refractivity contribution in [3.63, 3.8) is 0 Å². The van der Waals surface area contributed by atoms with Gasteiger partial charge in [-0.2, -0.15) is 0 Å². The molecule has 0 saturated heterocycles. The van der Waals surface area contributed by atoms with Gasteiger partial charge in [-0.05, 0) is 54.8 Å². The van der Waals surface area contributed by atoms with Gasteiger partial charge < -0.3 is 0 Å². The zero-order valence-corrected chi connectivity index (χ0v) is 15.7. The molecule has 1 heterocycles. The minimum atomic E-state index is 0.899. The normalized spacial score (nSPS) is 15.2. The number of rotatable bonds is 3. The van der Waals surface area contributed by atoms with Crippen molar-refractivity contribution in [2.45, 2.75) is 46.0 Å². The van der Waals surface area contributed by atoms with Gasteiger partial charge in [0.25, 0.3) is 0 Å². The van der Waals surface area contributed by atoms with Gasteiger partial charge in [-0.3, -0.25) is 0 Å². The summed E-state index contributed by atoms with van der Waals surface area (Å²) in [6.45, 7) is 4.38. The van der Waals surface area contributed by atoms with Crippen LogP contribution in [-0.4, -0.2) is 0 Å². The van der Waals surface area contributed by atoms with Gasteiger partial charge in [-0.25, -0.2) is 4.57 Å². The molecule has 0 aliphatic heterocycles. The zero-order chi connectivity index (χ0) is 17.4. The van der Waals surface area contributed by atoms with E-state index in [1.54, 1.807) is 0 Å². The molecular formula is C24H28N+. The van der Waals surface area contributed by atoms with Crippen LogP contribution in [0.4, 0.5) is 0 Å². The monoisotopic (exact) mass is 330 g/mol. The molecule has 3 aromatic rings. The first-order valence-electron chi connectivity index (χ1n) is 9.61. The topological polar surface area (TPSA) is 3.88 Å². The molecule has 1 aromatic heterocycles. The highest BCUT2D eigenvalue weighted by atomic mass is 14.9. The maximum Gasteiger partial charge on any atom is 0.220 e. The molecule has 0 N–H and O–H groups in total. The molecule has 4 rings (SSSR count). The molecule has 1 saturated carbocycles. The summed E-state index contributed by atoms with van der Waals surface area (Å²) in [7, 11) is 2.16. The van der Waals surface area contributed by atoms with Crippen molar-refractivity contribution in [1.82, 2.24) is 0 Å². The van der Waals surface area contributed by atoms with Crippen LogP contribution in [0, 0.1) is 19.8 Å². The number of fused-ring (bicyclic) bond motifs is 1. The second kappa shape index (κ2) is 6.63. The molecule has 128 valence electrons. The summed E-state index contributed by atoms with van der Waals surface area (Å²) in [5, 5.41) is 2.72. The lowest BCUT2D eigenvalue weighted by molar-refractivity contribution is -0.659. The van der Waals surface area contributed by atoms with Crippen LogP contribution in [0.3, 0.4) is 0 Å².